The summed E-state index contributed by atoms with van der Waals surface area (Å²) < 4.78 is 40.6. The standard InChI is InChI=1S/C24H23F3N4O2/c1-16-4-2-3-5-20(16)21-10-11-22(30-29-21)31-14-12-17(13-15-31)23(32)28-18-6-8-19(9-7-18)33-24(25,26)27/h2-11,17H,12-15H2,1H3,(H,28,32). The number of rotatable bonds is 5. The lowest BCUT2D eigenvalue weighted by molar-refractivity contribution is -0.274. The van der Waals surface area contributed by atoms with Gasteiger partial charge in [0.2, 0.25) is 5.91 Å². The molecule has 1 saturated heterocycles. The number of amides is 1. The maximum absolute atomic E-state index is 12.6. The second-order valence-corrected chi connectivity index (χ2v) is 7.91. The van der Waals surface area contributed by atoms with Crippen molar-refractivity contribution in [2.24, 2.45) is 5.92 Å². The Morgan fingerprint density at radius 2 is 1.70 bits per heavy atom. The molecule has 9 heteroatoms. The van der Waals surface area contributed by atoms with Crippen molar-refractivity contribution in [2.45, 2.75) is 26.1 Å². The lowest BCUT2D eigenvalue weighted by atomic mass is 9.95. The summed E-state index contributed by atoms with van der Waals surface area (Å²) in [4.78, 5) is 14.7. The van der Waals surface area contributed by atoms with E-state index >= 15 is 0 Å². The van der Waals surface area contributed by atoms with E-state index in [4.69, 9.17) is 0 Å². The van der Waals surface area contributed by atoms with E-state index in [9.17, 15) is 18.0 Å². The molecule has 0 unspecified atom stereocenters. The second-order valence-electron chi connectivity index (χ2n) is 7.91. The molecule has 0 atom stereocenters. The van der Waals surface area contributed by atoms with Gasteiger partial charge in [0.1, 0.15) is 5.75 Å². The fraction of sp³-hybridized carbons (Fsp3) is 0.292. The van der Waals surface area contributed by atoms with Crippen LogP contribution in [0.4, 0.5) is 24.7 Å². The van der Waals surface area contributed by atoms with Crippen LogP contribution in [0.2, 0.25) is 0 Å². The number of nitrogens with one attached hydrogen (secondary N) is 1. The minimum absolute atomic E-state index is 0.153. The topological polar surface area (TPSA) is 67.4 Å². The molecule has 1 aromatic heterocycles. The molecule has 33 heavy (non-hydrogen) atoms. The molecule has 0 spiro atoms. The first-order valence-electron chi connectivity index (χ1n) is 10.6. The van der Waals surface area contributed by atoms with E-state index in [0.717, 1.165) is 22.6 Å². The molecule has 1 fully saturated rings. The Labute approximate surface area is 189 Å². The second kappa shape index (κ2) is 9.48. The summed E-state index contributed by atoms with van der Waals surface area (Å²) in [6, 6.07) is 17.0. The molecule has 0 radical (unpaired) electrons. The van der Waals surface area contributed by atoms with Gasteiger partial charge in [-0.15, -0.1) is 23.4 Å². The summed E-state index contributed by atoms with van der Waals surface area (Å²) in [7, 11) is 0. The van der Waals surface area contributed by atoms with E-state index < -0.39 is 6.36 Å². The van der Waals surface area contributed by atoms with Gasteiger partial charge in [-0.3, -0.25) is 4.79 Å². The molecule has 1 aliphatic heterocycles. The van der Waals surface area contributed by atoms with Crippen molar-refractivity contribution < 1.29 is 22.7 Å². The predicted octanol–water partition coefficient (Wildman–Crippen LogP) is 5.21. The molecule has 6 nitrogen and oxygen atoms in total. The van der Waals surface area contributed by atoms with Crippen LogP contribution in [0.3, 0.4) is 0 Å². The third-order valence-corrected chi connectivity index (χ3v) is 5.62. The first-order chi connectivity index (χ1) is 15.8. The van der Waals surface area contributed by atoms with E-state index in [1.807, 2.05) is 43.3 Å². The highest BCUT2D eigenvalue weighted by atomic mass is 19.4. The normalized spacial score (nSPS) is 14.7. The quantitative estimate of drug-likeness (QED) is 0.571. The summed E-state index contributed by atoms with van der Waals surface area (Å²) in [5.41, 5.74) is 3.42. The average molecular weight is 456 g/mol. The predicted molar refractivity (Wildman–Crippen MR) is 119 cm³/mol. The van der Waals surface area contributed by atoms with Gasteiger partial charge >= 0.3 is 6.36 Å². The third kappa shape index (κ3) is 5.79. The van der Waals surface area contributed by atoms with E-state index in [1.165, 1.54) is 24.3 Å². The molecular formula is C24H23F3N4O2. The van der Waals surface area contributed by atoms with Gasteiger partial charge in [0.25, 0.3) is 0 Å². The minimum atomic E-state index is -4.75. The monoisotopic (exact) mass is 456 g/mol. The Morgan fingerprint density at radius 3 is 2.30 bits per heavy atom. The molecule has 3 aromatic rings. The largest absolute Gasteiger partial charge is 0.573 e. The Morgan fingerprint density at radius 1 is 1.00 bits per heavy atom. The zero-order valence-electron chi connectivity index (χ0n) is 18.0. The number of nitrogens with zero attached hydrogens (tertiary/aromatic N) is 3. The Hall–Kier alpha value is -3.62. The zero-order valence-corrected chi connectivity index (χ0v) is 18.0. The number of aromatic nitrogens is 2. The highest BCUT2D eigenvalue weighted by Crippen LogP contribution is 2.27. The number of carbonyl (C=O) groups is 1. The maximum atomic E-state index is 12.6. The zero-order chi connectivity index (χ0) is 23.4. The van der Waals surface area contributed by atoms with Gasteiger partial charge in [-0.25, -0.2) is 0 Å². The van der Waals surface area contributed by atoms with Gasteiger partial charge in [-0.2, -0.15) is 0 Å². The highest BCUT2D eigenvalue weighted by Gasteiger charge is 2.31. The smallest absolute Gasteiger partial charge is 0.406 e. The Bertz CT molecular complexity index is 1090. The minimum Gasteiger partial charge on any atom is -0.406 e. The van der Waals surface area contributed by atoms with Gasteiger partial charge < -0.3 is 15.0 Å². The van der Waals surface area contributed by atoms with Gasteiger partial charge in [0.05, 0.1) is 5.69 Å². The summed E-state index contributed by atoms with van der Waals surface area (Å²) in [5, 5.41) is 11.5. The third-order valence-electron chi connectivity index (χ3n) is 5.62. The van der Waals surface area contributed by atoms with Crippen molar-refractivity contribution in [3.8, 4) is 17.0 Å². The van der Waals surface area contributed by atoms with Crippen LogP contribution >= 0.6 is 0 Å². The fourth-order valence-corrected chi connectivity index (χ4v) is 3.85. The van der Waals surface area contributed by atoms with Gasteiger partial charge in [-0.1, -0.05) is 24.3 Å². The Kier molecular flexibility index (Phi) is 6.48. The van der Waals surface area contributed by atoms with Crippen molar-refractivity contribution in [2.75, 3.05) is 23.3 Å². The number of hydrogen-bond acceptors (Lipinski definition) is 5. The van der Waals surface area contributed by atoms with E-state index in [1.54, 1.807) is 0 Å². The summed E-state index contributed by atoms with van der Waals surface area (Å²) in [6.07, 6.45) is -3.46. The first-order valence-corrected chi connectivity index (χ1v) is 10.6. The summed E-state index contributed by atoms with van der Waals surface area (Å²) >= 11 is 0. The molecule has 1 amide bonds. The van der Waals surface area contributed by atoms with Crippen LogP contribution in [-0.2, 0) is 4.79 Å². The highest BCUT2D eigenvalue weighted by molar-refractivity contribution is 5.92. The number of piperidine rings is 1. The van der Waals surface area contributed by atoms with Crippen molar-refractivity contribution in [3.63, 3.8) is 0 Å². The molecule has 2 aromatic carbocycles. The number of ether oxygens (including phenoxy) is 1. The summed E-state index contributed by atoms with van der Waals surface area (Å²) in [6.45, 7) is 3.36. The van der Waals surface area contributed by atoms with Crippen LogP contribution in [0.5, 0.6) is 5.75 Å². The number of hydrogen-bond donors (Lipinski definition) is 1. The molecule has 172 valence electrons. The van der Waals surface area contributed by atoms with Gasteiger partial charge in [0.15, 0.2) is 5.82 Å². The van der Waals surface area contributed by atoms with Crippen molar-refractivity contribution in [1.29, 1.82) is 0 Å². The molecule has 2 heterocycles. The maximum Gasteiger partial charge on any atom is 0.573 e. The lowest BCUT2D eigenvalue weighted by Gasteiger charge is -2.31. The van der Waals surface area contributed by atoms with Crippen LogP contribution < -0.4 is 15.0 Å². The number of alkyl halides is 3. The number of carbonyl (C=O) groups excluding carboxylic acids is 1. The van der Waals surface area contributed by atoms with Crippen LogP contribution in [0, 0.1) is 12.8 Å². The van der Waals surface area contributed by atoms with Crippen molar-refractivity contribution >= 4 is 17.4 Å². The molecule has 1 aliphatic rings. The molecule has 4 rings (SSSR count). The van der Waals surface area contributed by atoms with Crippen LogP contribution in [0.1, 0.15) is 18.4 Å². The molecule has 1 N–H and O–H groups in total. The van der Waals surface area contributed by atoms with Crippen molar-refractivity contribution in [3.05, 3.63) is 66.2 Å². The number of anilines is 2. The number of benzene rings is 2. The van der Waals surface area contributed by atoms with E-state index in [2.05, 4.69) is 25.2 Å². The van der Waals surface area contributed by atoms with Gasteiger partial charge in [0, 0.05) is 30.3 Å². The summed E-state index contributed by atoms with van der Waals surface area (Å²) in [5.74, 6) is 0.0986. The van der Waals surface area contributed by atoms with E-state index in [-0.39, 0.29) is 17.6 Å². The van der Waals surface area contributed by atoms with E-state index in [0.29, 0.717) is 31.6 Å². The van der Waals surface area contributed by atoms with Crippen LogP contribution in [0.15, 0.2) is 60.7 Å². The number of aryl methyl sites for hydroxylation is 1. The molecule has 0 bridgehead atoms. The fourth-order valence-electron chi connectivity index (χ4n) is 3.85. The SMILES string of the molecule is Cc1ccccc1-c1ccc(N2CCC(C(=O)Nc3ccc(OC(F)(F)F)cc3)CC2)nn1. The van der Waals surface area contributed by atoms with Crippen LogP contribution in [0.25, 0.3) is 11.3 Å². The number of halogens is 3. The molecule has 0 aliphatic carbocycles. The Balaban J connectivity index is 1.30. The lowest BCUT2D eigenvalue weighted by Crippen LogP contribution is -2.38. The van der Waals surface area contributed by atoms with Gasteiger partial charge in [-0.05, 0) is 61.7 Å². The van der Waals surface area contributed by atoms with Crippen molar-refractivity contribution in [1.82, 2.24) is 10.2 Å². The average Bonchev–Trinajstić information content (AvgIpc) is 2.80. The first kappa shape index (κ1) is 22.6. The molecule has 0 saturated carbocycles. The van der Waals surface area contributed by atoms with Crippen LogP contribution in [-0.4, -0.2) is 35.6 Å². The molecular weight excluding hydrogens is 433 g/mol.